The molecule has 1 aromatic heterocycles. The highest BCUT2D eigenvalue weighted by Gasteiger charge is 2.08. The van der Waals surface area contributed by atoms with Crippen LogP contribution in [0.3, 0.4) is 0 Å². The smallest absolute Gasteiger partial charge is 0.257 e. The van der Waals surface area contributed by atoms with Crippen LogP contribution in [0.25, 0.3) is 0 Å². The Kier molecular flexibility index (Phi) is 4.03. The zero-order valence-electron chi connectivity index (χ0n) is 9.04. The molecular weight excluding hydrogens is 367 g/mol. The lowest BCUT2D eigenvalue weighted by atomic mass is 10.2. The van der Waals surface area contributed by atoms with Crippen LogP contribution in [0.2, 0.25) is 5.02 Å². The van der Waals surface area contributed by atoms with E-state index in [1.165, 1.54) is 18.3 Å². The summed E-state index contributed by atoms with van der Waals surface area (Å²) in [6, 6.07) is 7.96. The van der Waals surface area contributed by atoms with Crippen molar-refractivity contribution in [1.82, 2.24) is 4.98 Å². The number of aromatic nitrogens is 1. The topological polar surface area (TPSA) is 62.0 Å². The molecule has 4 nitrogen and oxygen atoms in total. The van der Waals surface area contributed by atoms with Crippen molar-refractivity contribution >= 4 is 45.8 Å². The van der Waals surface area contributed by atoms with Gasteiger partial charge in [-0.15, -0.1) is 0 Å². The molecule has 0 aliphatic heterocycles. The first-order valence-corrected chi connectivity index (χ1v) is 6.47. The Hall–Kier alpha value is -1.34. The SMILES string of the molecule is O=C(Nc1ccc(Cl)cc1I)c1ccc(=O)[nH]c1. The second-order valence-corrected chi connectivity index (χ2v) is 5.12. The lowest BCUT2D eigenvalue weighted by Gasteiger charge is -2.07. The second kappa shape index (κ2) is 5.53. The Morgan fingerprint density at radius 3 is 2.67 bits per heavy atom. The summed E-state index contributed by atoms with van der Waals surface area (Å²) >= 11 is 7.92. The average molecular weight is 375 g/mol. The van der Waals surface area contributed by atoms with Crippen molar-refractivity contribution in [2.75, 3.05) is 5.32 Å². The number of pyridine rings is 1. The molecule has 0 fully saturated rings. The van der Waals surface area contributed by atoms with Crippen molar-refractivity contribution in [3.63, 3.8) is 0 Å². The first-order valence-electron chi connectivity index (χ1n) is 5.01. The quantitative estimate of drug-likeness (QED) is 0.794. The Morgan fingerprint density at radius 1 is 1.28 bits per heavy atom. The number of hydrogen-bond acceptors (Lipinski definition) is 2. The van der Waals surface area contributed by atoms with Crippen LogP contribution >= 0.6 is 34.2 Å². The molecule has 0 aliphatic carbocycles. The van der Waals surface area contributed by atoms with Crippen LogP contribution in [-0.4, -0.2) is 10.9 Å². The predicted molar refractivity (Wildman–Crippen MR) is 79.2 cm³/mol. The van der Waals surface area contributed by atoms with Crippen LogP contribution in [0.4, 0.5) is 5.69 Å². The molecule has 1 aromatic carbocycles. The lowest BCUT2D eigenvalue weighted by Crippen LogP contribution is -2.15. The first kappa shape index (κ1) is 13.1. The number of rotatable bonds is 2. The van der Waals surface area contributed by atoms with Crippen molar-refractivity contribution < 1.29 is 4.79 Å². The number of H-pyrrole nitrogens is 1. The highest BCUT2D eigenvalue weighted by molar-refractivity contribution is 14.1. The molecule has 18 heavy (non-hydrogen) atoms. The minimum atomic E-state index is -0.286. The van der Waals surface area contributed by atoms with Gasteiger partial charge in [-0.2, -0.15) is 0 Å². The summed E-state index contributed by atoms with van der Waals surface area (Å²) in [5, 5.41) is 3.36. The van der Waals surface area contributed by atoms with Crippen molar-refractivity contribution in [3.05, 3.63) is 61.0 Å². The minimum absolute atomic E-state index is 0.243. The van der Waals surface area contributed by atoms with Crippen LogP contribution in [0.1, 0.15) is 10.4 Å². The van der Waals surface area contributed by atoms with Crippen LogP contribution in [0.5, 0.6) is 0 Å². The van der Waals surface area contributed by atoms with Crippen molar-refractivity contribution in [1.29, 1.82) is 0 Å². The normalized spacial score (nSPS) is 10.1. The van der Waals surface area contributed by atoms with E-state index in [-0.39, 0.29) is 11.5 Å². The molecule has 0 saturated heterocycles. The number of amides is 1. The molecule has 0 atom stereocenters. The molecule has 0 saturated carbocycles. The van der Waals surface area contributed by atoms with Crippen LogP contribution < -0.4 is 10.9 Å². The molecule has 2 N–H and O–H groups in total. The predicted octanol–water partition coefficient (Wildman–Crippen LogP) is 2.89. The van der Waals surface area contributed by atoms with E-state index in [0.29, 0.717) is 16.3 Å². The maximum atomic E-state index is 11.9. The molecule has 0 aliphatic rings. The highest BCUT2D eigenvalue weighted by Crippen LogP contribution is 2.22. The Labute approximate surface area is 122 Å². The van der Waals surface area contributed by atoms with E-state index in [4.69, 9.17) is 11.6 Å². The molecule has 6 heteroatoms. The molecule has 0 radical (unpaired) electrons. The van der Waals surface area contributed by atoms with Gasteiger partial charge in [0.1, 0.15) is 0 Å². The third-order valence-corrected chi connectivity index (χ3v) is 3.35. The first-order chi connectivity index (χ1) is 8.56. The zero-order chi connectivity index (χ0) is 13.1. The maximum Gasteiger partial charge on any atom is 0.257 e. The van der Waals surface area contributed by atoms with E-state index in [1.54, 1.807) is 18.2 Å². The summed E-state index contributed by atoms with van der Waals surface area (Å²) in [5.41, 5.74) is 0.823. The van der Waals surface area contributed by atoms with Gasteiger partial charge in [-0.05, 0) is 46.9 Å². The van der Waals surface area contributed by atoms with Gasteiger partial charge in [-0.25, -0.2) is 0 Å². The molecule has 0 bridgehead atoms. The molecule has 0 spiro atoms. The van der Waals surface area contributed by atoms with E-state index in [0.717, 1.165) is 3.57 Å². The van der Waals surface area contributed by atoms with Crippen molar-refractivity contribution in [2.45, 2.75) is 0 Å². The third kappa shape index (κ3) is 3.11. The number of carbonyl (C=O) groups excluding carboxylic acids is 1. The fourth-order valence-electron chi connectivity index (χ4n) is 1.34. The summed E-state index contributed by atoms with van der Waals surface area (Å²) in [5.74, 6) is -0.286. The standard InChI is InChI=1S/C12H8ClIN2O2/c13-8-2-3-10(9(14)5-8)16-12(18)7-1-4-11(17)15-6-7/h1-6H,(H,15,17)(H,16,18). The lowest BCUT2D eigenvalue weighted by molar-refractivity contribution is 0.102. The van der Waals surface area contributed by atoms with Crippen molar-refractivity contribution in [2.24, 2.45) is 0 Å². The van der Waals surface area contributed by atoms with E-state index < -0.39 is 0 Å². The summed E-state index contributed by atoms with van der Waals surface area (Å²) in [4.78, 5) is 25.2. The van der Waals surface area contributed by atoms with Gasteiger partial charge in [0.25, 0.3) is 5.91 Å². The Balaban J connectivity index is 2.21. The summed E-state index contributed by atoms with van der Waals surface area (Å²) in [6.45, 7) is 0. The monoisotopic (exact) mass is 374 g/mol. The van der Waals surface area contributed by atoms with Gasteiger partial charge in [0.15, 0.2) is 0 Å². The fourth-order valence-corrected chi connectivity index (χ4v) is 2.34. The number of nitrogens with one attached hydrogen (secondary N) is 2. The number of aromatic amines is 1. The van der Waals surface area contributed by atoms with Gasteiger partial charge in [-0.3, -0.25) is 9.59 Å². The second-order valence-electron chi connectivity index (χ2n) is 3.52. The Bertz CT molecular complexity index is 634. The van der Waals surface area contributed by atoms with Crippen LogP contribution in [0.15, 0.2) is 41.3 Å². The molecule has 2 aromatic rings. The van der Waals surface area contributed by atoms with E-state index in [2.05, 4.69) is 32.9 Å². The zero-order valence-corrected chi connectivity index (χ0v) is 11.9. The average Bonchev–Trinajstić information content (AvgIpc) is 2.33. The minimum Gasteiger partial charge on any atom is -0.328 e. The summed E-state index contributed by atoms with van der Waals surface area (Å²) in [7, 11) is 0. The fraction of sp³-hybridized carbons (Fsp3) is 0. The Morgan fingerprint density at radius 2 is 2.06 bits per heavy atom. The molecule has 92 valence electrons. The summed E-state index contributed by atoms with van der Waals surface area (Å²) in [6.07, 6.45) is 1.38. The number of benzene rings is 1. The van der Waals surface area contributed by atoms with Crippen molar-refractivity contribution in [3.8, 4) is 0 Å². The van der Waals surface area contributed by atoms with Gasteiger partial charge in [-0.1, -0.05) is 11.6 Å². The molecule has 2 rings (SSSR count). The largest absolute Gasteiger partial charge is 0.328 e. The molecule has 1 heterocycles. The van der Waals surface area contributed by atoms with Gasteiger partial charge >= 0.3 is 0 Å². The van der Waals surface area contributed by atoms with E-state index in [9.17, 15) is 9.59 Å². The number of hydrogen-bond donors (Lipinski definition) is 2. The van der Waals surface area contributed by atoms with Gasteiger partial charge < -0.3 is 10.3 Å². The number of anilines is 1. The molecule has 0 unspecified atom stereocenters. The molecular formula is C12H8ClIN2O2. The van der Waals surface area contributed by atoms with Crippen LogP contribution in [-0.2, 0) is 0 Å². The summed E-state index contributed by atoms with van der Waals surface area (Å²) < 4.78 is 0.845. The maximum absolute atomic E-state index is 11.9. The van der Waals surface area contributed by atoms with Crippen LogP contribution in [0, 0.1) is 3.57 Å². The highest BCUT2D eigenvalue weighted by atomic mass is 127. The van der Waals surface area contributed by atoms with Gasteiger partial charge in [0, 0.05) is 20.9 Å². The van der Waals surface area contributed by atoms with E-state index >= 15 is 0 Å². The van der Waals surface area contributed by atoms with E-state index in [1.807, 2.05) is 0 Å². The third-order valence-electron chi connectivity index (χ3n) is 2.23. The van der Waals surface area contributed by atoms with Gasteiger partial charge in [0.2, 0.25) is 5.56 Å². The number of halogens is 2. The number of carbonyl (C=O) groups is 1. The molecule has 1 amide bonds. The van der Waals surface area contributed by atoms with Gasteiger partial charge in [0.05, 0.1) is 11.3 Å².